The Bertz CT molecular complexity index is 511. The van der Waals surface area contributed by atoms with Gasteiger partial charge in [0.15, 0.2) is 0 Å². The van der Waals surface area contributed by atoms with Crippen molar-refractivity contribution >= 4 is 23.2 Å². The van der Waals surface area contributed by atoms with E-state index < -0.39 is 0 Å². The zero-order valence-corrected chi connectivity index (χ0v) is 13.8. The quantitative estimate of drug-likeness (QED) is 0.902. The largest absolute Gasteiger partial charge is 0.361 e. The zero-order chi connectivity index (χ0) is 15.5. The van der Waals surface area contributed by atoms with Crippen molar-refractivity contribution in [3.8, 4) is 0 Å². The van der Waals surface area contributed by atoms with Gasteiger partial charge in [0.2, 0.25) is 5.91 Å². The highest BCUT2D eigenvalue weighted by Crippen LogP contribution is 2.27. The first-order valence-electron chi connectivity index (χ1n) is 7.40. The first-order valence-corrected chi connectivity index (χ1v) is 7.78. The number of nitrogens with zero attached hydrogens (tertiary/aromatic N) is 1. The topological polar surface area (TPSA) is 44.4 Å². The third kappa shape index (κ3) is 4.90. The van der Waals surface area contributed by atoms with Crippen LogP contribution >= 0.6 is 11.6 Å². The normalized spacial score (nSPS) is 16.6. The van der Waals surface area contributed by atoms with Gasteiger partial charge in [0.25, 0.3) is 0 Å². The van der Waals surface area contributed by atoms with E-state index in [0.29, 0.717) is 11.6 Å². The number of anilines is 1. The summed E-state index contributed by atoms with van der Waals surface area (Å²) in [6.45, 7) is 9.15. The fourth-order valence-corrected chi connectivity index (χ4v) is 2.62. The van der Waals surface area contributed by atoms with E-state index in [2.05, 4.69) is 37.5 Å². The fourth-order valence-electron chi connectivity index (χ4n) is 2.30. The first-order chi connectivity index (χ1) is 9.85. The van der Waals surface area contributed by atoms with Crippen molar-refractivity contribution in [2.75, 3.05) is 24.5 Å². The van der Waals surface area contributed by atoms with Gasteiger partial charge in [0.1, 0.15) is 0 Å². The average molecular weight is 310 g/mol. The Morgan fingerprint density at radius 3 is 2.81 bits per heavy atom. The van der Waals surface area contributed by atoms with Crippen LogP contribution in [0.1, 0.15) is 32.8 Å². The second-order valence-electron chi connectivity index (χ2n) is 6.51. The van der Waals surface area contributed by atoms with Gasteiger partial charge in [-0.25, -0.2) is 0 Å². The lowest BCUT2D eigenvalue weighted by Gasteiger charge is -2.24. The standard InChI is InChI=1S/C16H24ClN3O/c1-16(2,3)19-10-12-5-6-14(13(17)9-12)20-8-4-7-18-15(21)11-20/h5-6,9,19H,4,7-8,10-11H2,1-3H3,(H,18,21). The molecular weight excluding hydrogens is 286 g/mol. The molecule has 116 valence electrons. The molecule has 1 aliphatic heterocycles. The van der Waals surface area contributed by atoms with Crippen LogP contribution in [0.2, 0.25) is 5.02 Å². The molecule has 0 unspecified atom stereocenters. The van der Waals surface area contributed by atoms with Crippen molar-refractivity contribution in [1.29, 1.82) is 0 Å². The molecular formula is C16H24ClN3O. The summed E-state index contributed by atoms with van der Waals surface area (Å²) in [5.74, 6) is 0.0574. The predicted molar refractivity (Wildman–Crippen MR) is 87.9 cm³/mol. The molecule has 1 aliphatic rings. The molecule has 1 fully saturated rings. The maximum atomic E-state index is 11.7. The van der Waals surface area contributed by atoms with E-state index in [1.54, 1.807) is 0 Å². The number of rotatable bonds is 3. The Hall–Kier alpha value is -1.26. The highest BCUT2D eigenvalue weighted by molar-refractivity contribution is 6.33. The second-order valence-corrected chi connectivity index (χ2v) is 6.92. The van der Waals surface area contributed by atoms with Crippen molar-refractivity contribution in [3.63, 3.8) is 0 Å². The number of halogens is 1. The van der Waals surface area contributed by atoms with Gasteiger partial charge in [0.05, 0.1) is 17.3 Å². The van der Waals surface area contributed by atoms with Crippen molar-refractivity contribution in [3.05, 3.63) is 28.8 Å². The molecule has 21 heavy (non-hydrogen) atoms. The van der Waals surface area contributed by atoms with Gasteiger partial charge in [-0.3, -0.25) is 4.79 Å². The predicted octanol–water partition coefficient (Wildman–Crippen LogP) is 2.55. The number of carbonyl (C=O) groups is 1. The van der Waals surface area contributed by atoms with Crippen LogP contribution in [0.5, 0.6) is 0 Å². The van der Waals surface area contributed by atoms with Crippen molar-refractivity contribution < 1.29 is 4.79 Å². The van der Waals surface area contributed by atoms with Crippen LogP contribution < -0.4 is 15.5 Å². The van der Waals surface area contributed by atoms with Crippen LogP contribution in [0.3, 0.4) is 0 Å². The van der Waals surface area contributed by atoms with Crippen LogP contribution in [-0.2, 0) is 11.3 Å². The molecule has 1 amide bonds. The Labute approximate surface area is 131 Å². The monoisotopic (exact) mass is 309 g/mol. The van der Waals surface area contributed by atoms with E-state index in [-0.39, 0.29) is 11.4 Å². The van der Waals surface area contributed by atoms with Gasteiger partial charge in [0, 0.05) is 25.2 Å². The third-order valence-corrected chi connectivity index (χ3v) is 3.74. The molecule has 1 aromatic rings. The molecule has 1 aromatic carbocycles. The molecule has 2 rings (SSSR count). The average Bonchev–Trinajstić information content (AvgIpc) is 2.60. The summed E-state index contributed by atoms with van der Waals surface area (Å²) in [4.78, 5) is 13.7. The number of carbonyl (C=O) groups excluding carboxylic acids is 1. The summed E-state index contributed by atoms with van der Waals surface area (Å²) < 4.78 is 0. The molecule has 0 radical (unpaired) electrons. The molecule has 0 aromatic heterocycles. The lowest BCUT2D eigenvalue weighted by molar-refractivity contribution is -0.119. The first kappa shape index (κ1) is 16.1. The number of nitrogens with one attached hydrogen (secondary N) is 2. The molecule has 0 atom stereocenters. The van der Waals surface area contributed by atoms with Crippen molar-refractivity contribution in [2.24, 2.45) is 0 Å². The van der Waals surface area contributed by atoms with E-state index >= 15 is 0 Å². The maximum absolute atomic E-state index is 11.7. The zero-order valence-electron chi connectivity index (χ0n) is 13.0. The van der Waals surface area contributed by atoms with Crippen LogP contribution in [0.25, 0.3) is 0 Å². The molecule has 4 nitrogen and oxygen atoms in total. The summed E-state index contributed by atoms with van der Waals surface area (Å²) in [5.41, 5.74) is 2.17. The Morgan fingerprint density at radius 2 is 2.14 bits per heavy atom. The van der Waals surface area contributed by atoms with Gasteiger partial charge in [-0.05, 0) is 44.9 Å². The van der Waals surface area contributed by atoms with Crippen LogP contribution in [0, 0.1) is 0 Å². The molecule has 0 saturated carbocycles. The van der Waals surface area contributed by atoms with Crippen molar-refractivity contribution in [2.45, 2.75) is 39.3 Å². The number of hydrogen-bond donors (Lipinski definition) is 2. The Kier molecular flexibility index (Phi) is 5.12. The summed E-state index contributed by atoms with van der Waals surface area (Å²) in [7, 11) is 0. The lowest BCUT2D eigenvalue weighted by atomic mass is 10.1. The second kappa shape index (κ2) is 6.67. The number of benzene rings is 1. The third-order valence-electron chi connectivity index (χ3n) is 3.44. The van der Waals surface area contributed by atoms with Gasteiger partial charge < -0.3 is 15.5 Å². The molecule has 2 N–H and O–H groups in total. The van der Waals surface area contributed by atoms with E-state index in [1.165, 1.54) is 0 Å². The highest BCUT2D eigenvalue weighted by Gasteiger charge is 2.17. The van der Waals surface area contributed by atoms with Crippen LogP contribution in [-0.4, -0.2) is 31.1 Å². The van der Waals surface area contributed by atoms with Gasteiger partial charge in [-0.2, -0.15) is 0 Å². The van der Waals surface area contributed by atoms with Gasteiger partial charge in [-0.15, -0.1) is 0 Å². The molecule has 0 aliphatic carbocycles. The summed E-state index contributed by atoms with van der Waals surface area (Å²) in [6.07, 6.45) is 0.940. The van der Waals surface area contributed by atoms with Crippen molar-refractivity contribution in [1.82, 2.24) is 10.6 Å². The van der Waals surface area contributed by atoms with E-state index in [4.69, 9.17) is 11.6 Å². The smallest absolute Gasteiger partial charge is 0.239 e. The fraction of sp³-hybridized carbons (Fsp3) is 0.562. The molecule has 1 heterocycles. The molecule has 0 bridgehead atoms. The summed E-state index contributed by atoms with van der Waals surface area (Å²) >= 11 is 6.41. The minimum absolute atomic E-state index is 0.0574. The van der Waals surface area contributed by atoms with Crippen LogP contribution in [0.4, 0.5) is 5.69 Å². The minimum Gasteiger partial charge on any atom is -0.361 e. The number of amides is 1. The lowest BCUT2D eigenvalue weighted by Crippen LogP contribution is -2.35. The van der Waals surface area contributed by atoms with Crippen LogP contribution in [0.15, 0.2) is 18.2 Å². The molecule has 1 saturated heterocycles. The summed E-state index contributed by atoms with van der Waals surface area (Å²) in [5, 5.41) is 7.03. The summed E-state index contributed by atoms with van der Waals surface area (Å²) in [6, 6.07) is 6.07. The Morgan fingerprint density at radius 1 is 1.38 bits per heavy atom. The van der Waals surface area contributed by atoms with E-state index in [0.717, 1.165) is 37.3 Å². The molecule has 0 spiro atoms. The number of hydrogen-bond acceptors (Lipinski definition) is 3. The SMILES string of the molecule is CC(C)(C)NCc1ccc(N2CCCNC(=O)C2)c(Cl)c1. The Balaban J connectivity index is 2.09. The molecule has 5 heteroatoms. The van der Waals surface area contributed by atoms with Gasteiger partial charge in [-0.1, -0.05) is 17.7 Å². The minimum atomic E-state index is 0.0574. The van der Waals surface area contributed by atoms with E-state index in [1.807, 2.05) is 17.0 Å². The highest BCUT2D eigenvalue weighted by atomic mass is 35.5. The maximum Gasteiger partial charge on any atom is 0.239 e. The van der Waals surface area contributed by atoms with Gasteiger partial charge >= 0.3 is 0 Å². The van der Waals surface area contributed by atoms with E-state index in [9.17, 15) is 4.79 Å².